The quantitative estimate of drug-likeness (QED) is 0.729. The van der Waals surface area contributed by atoms with E-state index in [2.05, 4.69) is 14.7 Å². The molecule has 0 aliphatic heterocycles. The summed E-state index contributed by atoms with van der Waals surface area (Å²) in [6.07, 6.45) is -3.17. The van der Waals surface area contributed by atoms with Gasteiger partial charge in [0.15, 0.2) is 5.75 Å². The van der Waals surface area contributed by atoms with E-state index in [4.69, 9.17) is 0 Å². The molecule has 6 heteroatoms. The predicted octanol–water partition coefficient (Wildman–Crippen LogP) is 5.12. The number of ether oxygens (including phenoxy) is 1. The van der Waals surface area contributed by atoms with E-state index in [1.807, 2.05) is 41.5 Å². The number of halogens is 3. The summed E-state index contributed by atoms with van der Waals surface area (Å²) in [5, 5.41) is 0. The highest BCUT2D eigenvalue weighted by Gasteiger charge is 2.33. The summed E-state index contributed by atoms with van der Waals surface area (Å²) in [6, 6.07) is 3.16. The van der Waals surface area contributed by atoms with Crippen molar-refractivity contribution < 1.29 is 17.9 Å². The molecular weight excluding hydrogens is 305 g/mol. The summed E-state index contributed by atoms with van der Waals surface area (Å²) in [5.41, 5.74) is 1.19. The summed E-state index contributed by atoms with van der Waals surface area (Å²) in [4.78, 5) is 8.67. The van der Waals surface area contributed by atoms with E-state index in [1.165, 1.54) is 6.07 Å². The highest BCUT2D eigenvalue weighted by molar-refractivity contribution is 5.82. The van der Waals surface area contributed by atoms with Gasteiger partial charge in [0.25, 0.3) is 0 Å². The van der Waals surface area contributed by atoms with Gasteiger partial charge in [0, 0.05) is 11.6 Å². The molecule has 0 atom stereocenters. The molecule has 0 amide bonds. The minimum absolute atomic E-state index is 0.128. The van der Waals surface area contributed by atoms with Crippen LogP contribution in [0.2, 0.25) is 0 Å². The van der Waals surface area contributed by atoms with Crippen molar-refractivity contribution in [2.24, 2.45) is 0 Å². The molecule has 0 N–H and O–H groups in total. The Labute approximate surface area is 133 Å². The lowest BCUT2D eigenvalue weighted by atomic mass is 9.86. The summed E-state index contributed by atoms with van der Waals surface area (Å²) in [7, 11) is 0. The molecule has 0 radical (unpaired) electrons. The molecule has 23 heavy (non-hydrogen) atoms. The van der Waals surface area contributed by atoms with Crippen molar-refractivity contribution in [2.45, 2.75) is 58.7 Å². The van der Waals surface area contributed by atoms with Gasteiger partial charge in [-0.15, -0.1) is 13.2 Å². The maximum Gasteiger partial charge on any atom is 0.573 e. The minimum atomic E-state index is -4.77. The van der Waals surface area contributed by atoms with E-state index in [-0.39, 0.29) is 22.1 Å². The molecule has 0 fully saturated rings. The smallest absolute Gasteiger partial charge is 0.403 e. The van der Waals surface area contributed by atoms with Crippen LogP contribution >= 0.6 is 0 Å². The molecule has 0 spiro atoms. The van der Waals surface area contributed by atoms with Crippen molar-refractivity contribution in [3.8, 4) is 5.75 Å². The fraction of sp³-hybridized carbons (Fsp3) is 0.529. The van der Waals surface area contributed by atoms with Crippen molar-refractivity contribution in [3.05, 3.63) is 29.6 Å². The second kappa shape index (κ2) is 5.35. The molecule has 2 aromatic rings. The molecule has 126 valence electrons. The zero-order chi connectivity index (χ0) is 17.6. The fourth-order valence-electron chi connectivity index (χ4n) is 2.08. The summed E-state index contributed by atoms with van der Waals surface area (Å²) in [6.45, 7) is 11.5. The number of alkyl halides is 3. The van der Waals surface area contributed by atoms with Crippen LogP contribution in [-0.4, -0.2) is 16.3 Å². The van der Waals surface area contributed by atoms with Gasteiger partial charge in [-0.25, -0.2) is 4.98 Å². The van der Waals surface area contributed by atoms with Crippen molar-refractivity contribution in [1.29, 1.82) is 0 Å². The molecule has 1 heterocycles. The first-order chi connectivity index (χ1) is 10.3. The van der Waals surface area contributed by atoms with Gasteiger partial charge in [-0.3, -0.25) is 4.98 Å². The first-order valence-electron chi connectivity index (χ1n) is 7.35. The van der Waals surface area contributed by atoms with Gasteiger partial charge in [0.2, 0.25) is 0 Å². The zero-order valence-corrected chi connectivity index (χ0v) is 14.2. The molecule has 0 unspecified atom stereocenters. The van der Waals surface area contributed by atoms with E-state index in [0.29, 0.717) is 16.8 Å². The van der Waals surface area contributed by atoms with Crippen molar-refractivity contribution in [1.82, 2.24) is 9.97 Å². The molecule has 0 aliphatic carbocycles. The van der Waals surface area contributed by atoms with Crippen LogP contribution in [0.1, 0.15) is 52.8 Å². The normalized spacial score (nSPS) is 13.4. The van der Waals surface area contributed by atoms with Gasteiger partial charge < -0.3 is 4.74 Å². The lowest BCUT2D eigenvalue weighted by Crippen LogP contribution is -2.20. The number of fused-ring (bicyclic) bond motifs is 1. The standard InChI is InChI=1S/C17H21F3N2O/c1-15(2,3)10-7-11-14(12(8-10)23-17(18,19)20)22-13(9-21-11)16(4,5)6/h7-9H,1-6H3. The van der Waals surface area contributed by atoms with E-state index >= 15 is 0 Å². The first-order valence-corrected chi connectivity index (χ1v) is 7.35. The van der Waals surface area contributed by atoms with Gasteiger partial charge in [0.05, 0.1) is 11.2 Å². The Bertz CT molecular complexity index is 725. The molecule has 0 saturated heterocycles. The van der Waals surface area contributed by atoms with Gasteiger partial charge in [-0.1, -0.05) is 41.5 Å². The molecule has 0 bridgehead atoms. The van der Waals surface area contributed by atoms with Crippen LogP contribution in [0.15, 0.2) is 18.3 Å². The summed E-state index contributed by atoms with van der Waals surface area (Å²) < 4.78 is 42.5. The van der Waals surface area contributed by atoms with Crippen molar-refractivity contribution in [2.75, 3.05) is 0 Å². The van der Waals surface area contributed by atoms with Crippen molar-refractivity contribution >= 4 is 11.0 Å². The number of hydrogen-bond donors (Lipinski definition) is 0. The topological polar surface area (TPSA) is 35.0 Å². The fourth-order valence-corrected chi connectivity index (χ4v) is 2.08. The summed E-state index contributed by atoms with van der Waals surface area (Å²) >= 11 is 0. The first kappa shape index (κ1) is 17.5. The maximum atomic E-state index is 12.8. The largest absolute Gasteiger partial charge is 0.573 e. The highest BCUT2D eigenvalue weighted by atomic mass is 19.4. The molecule has 1 aromatic carbocycles. The lowest BCUT2D eigenvalue weighted by Gasteiger charge is -2.22. The molecule has 0 aliphatic rings. The number of aromatic nitrogens is 2. The molecule has 2 rings (SSSR count). The number of nitrogens with zero attached hydrogens (tertiary/aromatic N) is 2. The van der Waals surface area contributed by atoms with Crippen LogP contribution < -0.4 is 4.74 Å². The van der Waals surface area contributed by atoms with Crippen LogP contribution in [0.3, 0.4) is 0 Å². The maximum absolute atomic E-state index is 12.8. The zero-order valence-electron chi connectivity index (χ0n) is 14.2. The van der Waals surface area contributed by atoms with Gasteiger partial charge >= 0.3 is 6.36 Å². The molecular formula is C17H21F3N2O. The molecule has 0 saturated carbocycles. The van der Waals surface area contributed by atoms with E-state index in [9.17, 15) is 13.2 Å². The Morgan fingerprint density at radius 2 is 1.52 bits per heavy atom. The highest BCUT2D eigenvalue weighted by Crippen LogP contribution is 2.35. The second-order valence-corrected chi connectivity index (χ2v) is 7.65. The van der Waals surface area contributed by atoms with E-state index in [0.717, 1.165) is 0 Å². The van der Waals surface area contributed by atoms with Crippen LogP contribution in [0, 0.1) is 0 Å². The Kier molecular flexibility index (Phi) is 4.07. The van der Waals surface area contributed by atoms with Gasteiger partial charge in [-0.05, 0) is 23.1 Å². The summed E-state index contributed by atoms with van der Waals surface area (Å²) in [5.74, 6) is -0.307. The predicted molar refractivity (Wildman–Crippen MR) is 83.6 cm³/mol. The van der Waals surface area contributed by atoms with Crippen LogP contribution in [0.25, 0.3) is 11.0 Å². The van der Waals surface area contributed by atoms with Crippen LogP contribution in [-0.2, 0) is 10.8 Å². The third-order valence-corrected chi connectivity index (χ3v) is 3.47. The van der Waals surface area contributed by atoms with Crippen LogP contribution in [0.5, 0.6) is 5.75 Å². The van der Waals surface area contributed by atoms with Crippen molar-refractivity contribution in [3.63, 3.8) is 0 Å². The monoisotopic (exact) mass is 326 g/mol. The SMILES string of the molecule is CC(C)(C)c1cc(OC(F)(F)F)c2nc(C(C)(C)C)cnc2c1. The average molecular weight is 326 g/mol. The lowest BCUT2D eigenvalue weighted by molar-refractivity contribution is -0.274. The second-order valence-electron chi connectivity index (χ2n) is 7.65. The van der Waals surface area contributed by atoms with Gasteiger partial charge in [0.1, 0.15) is 5.52 Å². The average Bonchev–Trinajstić information content (AvgIpc) is 2.34. The Balaban J connectivity index is 2.73. The molecule has 1 aromatic heterocycles. The minimum Gasteiger partial charge on any atom is -0.403 e. The third-order valence-electron chi connectivity index (χ3n) is 3.47. The Hall–Kier alpha value is -1.85. The van der Waals surface area contributed by atoms with E-state index < -0.39 is 6.36 Å². The number of rotatable bonds is 1. The van der Waals surface area contributed by atoms with Crippen LogP contribution in [0.4, 0.5) is 13.2 Å². The third kappa shape index (κ3) is 4.12. The Morgan fingerprint density at radius 3 is 2.00 bits per heavy atom. The molecule has 3 nitrogen and oxygen atoms in total. The van der Waals surface area contributed by atoms with Gasteiger partial charge in [-0.2, -0.15) is 0 Å². The number of hydrogen-bond acceptors (Lipinski definition) is 3. The number of benzene rings is 1. The Morgan fingerprint density at radius 1 is 0.913 bits per heavy atom. The van der Waals surface area contributed by atoms with E-state index in [1.54, 1.807) is 12.3 Å².